The van der Waals surface area contributed by atoms with Gasteiger partial charge in [-0.25, -0.2) is 0 Å². The van der Waals surface area contributed by atoms with E-state index in [1.165, 1.54) is 0 Å². The van der Waals surface area contributed by atoms with Crippen molar-refractivity contribution in [1.29, 1.82) is 0 Å². The van der Waals surface area contributed by atoms with E-state index in [9.17, 15) is 13.2 Å². The standard InChI is InChI=1S/C12H14BrF3/c1-3-8-5-6-10(7-9(8)4-2)11(13)12(14,15)16/h5-7,11H,3-4H2,1-2H3. The number of rotatable bonds is 3. The van der Waals surface area contributed by atoms with Crippen LogP contribution in [0.4, 0.5) is 13.2 Å². The summed E-state index contributed by atoms with van der Waals surface area (Å²) in [5.41, 5.74) is 2.39. The van der Waals surface area contributed by atoms with Gasteiger partial charge in [-0.3, -0.25) is 0 Å². The van der Waals surface area contributed by atoms with E-state index in [2.05, 4.69) is 15.9 Å². The minimum atomic E-state index is -4.24. The summed E-state index contributed by atoms with van der Waals surface area (Å²) < 4.78 is 37.5. The third-order valence-corrected chi connectivity index (χ3v) is 3.62. The van der Waals surface area contributed by atoms with Crippen LogP contribution in [0.3, 0.4) is 0 Å². The maximum absolute atomic E-state index is 12.5. The number of aryl methyl sites for hydroxylation is 2. The van der Waals surface area contributed by atoms with E-state index in [0.717, 1.165) is 24.0 Å². The summed E-state index contributed by atoms with van der Waals surface area (Å²) in [6.07, 6.45) is -2.63. The summed E-state index contributed by atoms with van der Waals surface area (Å²) in [5.74, 6) is 0. The highest BCUT2D eigenvalue weighted by Gasteiger charge is 2.38. The molecule has 16 heavy (non-hydrogen) atoms. The zero-order valence-electron chi connectivity index (χ0n) is 9.24. The van der Waals surface area contributed by atoms with Gasteiger partial charge in [-0.05, 0) is 29.5 Å². The summed E-state index contributed by atoms with van der Waals surface area (Å²) in [4.78, 5) is -1.57. The fraction of sp³-hybridized carbons (Fsp3) is 0.500. The lowest BCUT2D eigenvalue weighted by molar-refractivity contribution is -0.128. The van der Waals surface area contributed by atoms with Crippen molar-refractivity contribution in [2.24, 2.45) is 0 Å². The Morgan fingerprint density at radius 1 is 1.12 bits per heavy atom. The van der Waals surface area contributed by atoms with Crippen molar-refractivity contribution in [3.63, 3.8) is 0 Å². The lowest BCUT2D eigenvalue weighted by Crippen LogP contribution is -2.15. The molecule has 1 rings (SSSR count). The van der Waals surface area contributed by atoms with E-state index in [4.69, 9.17) is 0 Å². The molecule has 0 saturated carbocycles. The molecule has 0 aliphatic heterocycles. The van der Waals surface area contributed by atoms with E-state index in [-0.39, 0.29) is 5.56 Å². The monoisotopic (exact) mass is 294 g/mol. The molecule has 1 atom stereocenters. The van der Waals surface area contributed by atoms with Crippen LogP contribution in [0.5, 0.6) is 0 Å². The molecule has 0 aliphatic carbocycles. The van der Waals surface area contributed by atoms with Crippen molar-refractivity contribution in [3.8, 4) is 0 Å². The summed E-state index contributed by atoms with van der Waals surface area (Å²) in [7, 11) is 0. The Morgan fingerprint density at radius 3 is 2.12 bits per heavy atom. The van der Waals surface area contributed by atoms with Gasteiger partial charge in [0.2, 0.25) is 0 Å². The molecular weight excluding hydrogens is 281 g/mol. The van der Waals surface area contributed by atoms with E-state index < -0.39 is 11.0 Å². The third kappa shape index (κ3) is 3.00. The maximum Gasteiger partial charge on any atom is 0.405 e. The van der Waals surface area contributed by atoms with Gasteiger partial charge in [0.15, 0.2) is 0 Å². The van der Waals surface area contributed by atoms with Crippen LogP contribution < -0.4 is 0 Å². The van der Waals surface area contributed by atoms with E-state index in [1.54, 1.807) is 18.2 Å². The van der Waals surface area contributed by atoms with Crippen LogP contribution in [0.25, 0.3) is 0 Å². The number of hydrogen-bond acceptors (Lipinski definition) is 0. The SMILES string of the molecule is CCc1ccc(C(Br)C(F)(F)F)cc1CC. The summed E-state index contributed by atoms with van der Waals surface area (Å²) in [5, 5.41) is 0. The Hall–Kier alpha value is -0.510. The smallest absolute Gasteiger partial charge is 0.169 e. The summed E-state index contributed by atoms with van der Waals surface area (Å²) >= 11 is 2.69. The molecule has 90 valence electrons. The summed E-state index contributed by atoms with van der Waals surface area (Å²) in [6, 6.07) is 4.98. The quantitative estimate of drug-likeness (QED) is 0.702. The van der Waals surface area contributed by atoms with E-state index >= 15 is 0 Å². The van der Waals surface area contributed by atoms with Crippen molar-refractivity contribution in [2.75, 3.05) is 0 Å². The number of hydrogen-bond donors (Lipinski definition) is 0. The molecule has 0 fully saturated rings. The number of alkyl halides is 4. The first-order chi connectivity index (χ1) is 7.40. The first kappa shape index (κ1) is 13.6. The van der Waals surface area contributed by atoms with Gasteiger partial charge in [0.25, 0.3) is 0 Å². The topological polar surface area (TPSA) is 0 Å². The molecule has 0 spiro atoms. The fourth-order valence-corrected chi connectivity index (χ4v) is 1.95. The lowest BCUT2D eigenvalue weighted by atomic mass is 9.99. The van der Waals surface area contributed by atoms with Gasteiger partial charge in [0.1, 0.15) is 4.83 Å². The van der Waals surface area contributed by atoms with Gasteiger partial charge in [-0.2, -0.15) is 13.2 Å². The highest BCUT2D eigenvalue weighted by Crippen LogP contribution is 2.40. The zero-order valence-corrected chi connectivity index (χ0v) is 10.8. The van der Waals surface area contributed by atoms with Gasteiger partial charge in [0, 0.05) is 0 Å². The van der Waals surface area contributed by atoms with Crippen LogP contribution in [0.15, 0.2) is 18.2 Å². The Morgan fingerprint density at radius 2 is 1.69 bits per heavy atom. The average Bonchev–Trinajstić information content (AvgIpc) is 2.25. The van der Waals surface area contributed by atoms with Crippen LogP contribution in [-0.4, -0.2) is 6.18 Å². The van der Waals surface area contributed by atoms with Crippen molar-refractivity contribution < 1.29 is 13.2 Å². The van der Waals surface area contributed by atoms with Crippen LogP contribution in [0.1, 0.15) is 35.4 Å². The molecule has 1 unspecified atom stereocenters. The molecular formula is C12H14BrF3. The Kier molecular flexibility index (Phi) is 4.42. The Labute approximate surface area is 102 Å². The van der Waals surface area contributed by atoms with Crippen molar-refractivity contribution in [3.05, 3.63) is 34.9 Å². The van der Waals surface area contributed by atoms with E-state index in [1.807, 2.05) is 13.8 Å². The molecule has 1 aromatic rings. The first-order valence-electron chi connectivity index (χ1n) is 5.22. The van der Waals surface area contributed by atoms with Crippen LogP contribution in [0, 0.1) is 0 Å². The molecule has 0 bridgehead atoms. The summed E-state index contributed by atoms with van der Waals surface area (Å²) in [6.45, 7) is 3.96. The van der Waals surface area contributed by atoms with Gasteiger partial charge in [-0.1, -0.05) is 48.0 Å². The number of halogens is 4. The molecule has 0 nitrogen and oxygen atoms in total. The molecule has 0 amide bonds. The molecule has 0 aromatic heterocycles. The van der Waals surface area contributed by atoms with Gasteiger partial charge in [0.05, 0.1) is 0 Å². The minimum absolute atomic E-state index is 0.279. The van der Waals surface area contributed by atoms with Crippen LogP contribution in [0.2, 0.25) is 0 Å². The molecule has 0 aliphatic rings. The van der Waals surface area contributed by atoms with Crippen molar-refractivity contribution >= 4 is 15.9 Å². The minimum Gasteiger partial charge on any atom is -0.169 e. The van der Waals surface area contributed by atoms with Gasteiger partial charge in [-0.15, -0.1) is 0 Å². The average molecular weight is 295 g/mol. The van der Waals surface area contributed by atoms with Gasteiger partial charge < -0.3 is 0 Å². The van der Waals surface area contributed by atoms with Crippen LogP contribution in [-0.2, 0) is 12.8 Å². The highest BCUT2D eigenvalue weighted by atomic mass is 79.9. The van der Waals surface area contributed by atoms with Crippen LogP contribution >= 0.6 is 15.9 Å². The lowest BCUT2D eigenvalue weighted by Gasteiger charge is -2.16. The molecule has 1 aromatic carbocycles. The van der Waals surface area contributed by atoms with Crippen molar-refractivity contribution in [2.45, 2.75) is 37.7 Å². The molecule has 0 N–H and O–H groups in total. The third-order valence-electron chi connectivity index (χ3n) is 2.57. The second-order valence-corrected chi connectivity index (χ2v) is 4.56. The normalized spacial score (nSPS) is 13.9. The molecule has 0 radical (unpaired) electrons. The molecule has 0 saturated heterocycles. The largest absolute Gasteiger partial charge is 0.405 e. The molecule has 4 heteroatoms. The highest BCUT2D eigenvalue weighted by molar-refractivity contribution is 9.09. The Balaban J connectivity index is 3.08. The Bertz CT molecular complexity index is 358. The maximum atomic E-state index is 12.5. The van der Waals surface area contributed by atoms with E-state index in [0.29, 0.717) is 0 Å². The van der Waals surface area contributed by atoms with Crippen molar-refractivity contribution in [1.82, 2.24) is 0 Å². The predicted octanol–water partition coefficient (Wildman–Crippen LogP) is 4.81. The second-order valence-electron chi connectivity index (χ2n) is 3.64. The van der Waals surface area contributed by atoms with Gasteiger partial charge >= 0.3 is 6.18 Å². The second kappa shape index (κ2) is 5.21. The first-order valence-corrected chi connectivity index (χ1v) is 6.14. The number of benzene rings is 1. The predicted molar refractivity (Wildman–Crippen MR) is 62.9 cm³/mol. The zero-order chi connectivity index (χ0) is 12.3. The molecule has 0 heterocycles. The fourth-order valence-electron chi connectivity index (χ4n) is 1.67.